The number of rotatable bonds is 5. The van der Waals surface area contributed by atoms with Gasteiger partial charge in [0, 0.05) is 18.0 Å². The van der Waals surface area contributed by atoms with E-state index in [0.717, 1.165) is 43.7 Å². The number of hydrogen-bond acceptors (Lipinski definition) is 3. The first kappa shape index (κ1) is 20.7. The van der Waals surface area contributed by atoms with E-state index in [1.54, 1.807) is 6.07 Å². The van der Waals surface area contributed by atoms with Crippen LogP contribution in [0.3, 0.4) is 0 Å². The molecule has 2 fully saturated rings. The molecule has 1 amide bonds. The first-order valence-corrected chi connectivity index (χ1v) is 10.3. The fourth-order valence-corrected chi connectivity index (χ4v) is 4.36. The molecule has 2 saturated carbocycles. The molecule has 4 nitrogen and oxygen atoms in total. The summed E-state index contributed by atoms with van der Waals surface area (Å²) in [5.74, 6) is 0.431. The van der Waals surface area contributed by atoms with E-state index in [9.17, 15) is 18.0 Å². The molecule has 0 radical (unpaired) electrons. The minimum atomic E-state index is -4.34. The average Bonchev–Trinajstić information content (AvgIpc) is 3.48. The van der Waals surface area contributed by atoms with Gasteiger partial charge in [-0.05, 0) is 60.9 Å². The molecule has 2 aromatic rings. The molecule has 2 aliphatic rings. The zero-order valence-electron chi connectivity index (χ0n) is 16.5. The van der Waals surface area contributed by atoms with Crippen molar-refractivity contribution in [1.29, 1.82) is 0 Å². The molecular formula is C23H25F3N2O2. The lowest BCUT2D eigenvalue weighted by atomic mass is 9.93. The summed E-state index contributed by atoms with van der Waals surface area (Å²) in [6.45, 7) is 0. The largest absolute Gasteiger partial charge is 0.446 e. The Morgan fingerprint density at radius 2 is 1.70 bits per heavy atom. The molecular weight excluding hydrogens is 393 g/mol. The van der Waals surface area contributed by atoms with E-state index in [1.165, 1.54) is 17.7 Å². The van der Waals surface area contributed by atoms with Gasteiger partial charge in [0.1, 0.15) is 6.10 Å². The highest BCUT2D eigenvalue weighted by atomic mass is 19.4. The number of nitrogens with one attached hydrogen (secondary N) is 1. The van der Waals surface area contributed by atoms with Gasteiger partial charge >= 0.3 is 12.3 Å². The number of alkyl halides is 3. The van der Waals surface area contributed by atoms with E-state index in [4.69, 9.17) is 10.5 Å². The highest BCUT2D eigenvalue weighted by Gasteiger charge is 2.40. The van der Waals surface area contributed by atoms with E-state index in [-0.39, 0.29) is 6.10 Å². The van der Waals surface area contributed by atoms with Crippen LogP contribution in [0.4, 0.5) is 18.0 Å². The number of halogens is 3. The monoisotopic (exact) mass is 418 g/mol. The van der Waals surface area contributed by atoms with Gasteiger partial charge in [0.2, 0.25) is 0 Å². The van der Waals surface area contributed by atoms with Gasteiger partial charge in [-0.15, -0.1) is 0 Å². The molecule has 3 N–H and O–H groups in total. The van der Waals surface area contributed by atoms with Crippen molar-refractivity contribution in [2.45, 2.75) is 62.4 Å². The van der Waals surface area contributed by atoms with Crippen molar-refractivity contribution in [2.75, 3.05) is 0 Å². The Bertz CT molecular complexity index is 890. The van der Waals surface area contributed by atoms with Crippen LogP contribution in [0.1, 0.15) is 49.1 Å². The molecule has 4 rings (SSSR count). The second-order valence-electron chi connectivity index (χ2n) is 8.23. The first-order chi connectivity index (χ1) is 14.3. The third-order valence-corrected chi connectivity index (χ3v) is 6.06. The van der Waals surface area contributed by atoms with Gasteiger partial charge in [-0.2, -0.15) is 13.2 Å². The molecule has 0 aromatic heterocycles. The maximum Gasteiger partial charge on any atom is 0.416 e. The predicted molar refractivity (Wildman–Crippen MR) is 108 cm³/mol. The standard InChI is InChI=1S/C23H25F3N2O2/c24-23(25,26)17-3-1-2-16(12-17)14-4-6-15(7-5-14)20-13-21(20)28-18-8-10-19(11-9-18)30-22(27)29/h1-7,12,18-21,28H,8-11,13H2,(H2,27,29)/t18?,19?,20-,21+/m1/s1. The van der Waals surface area contributed by atoms with Gasteiger partial charge in [0.15, 0.2) is 0 Å². The minimum absolute atomic E-state index is 0.0704. The van der Waals surface area contributed by atoms with Crippen molar-refractivity contribution in [1.82, 2.24) is 5.32 Å². The Kier molecular flexibility index (Phi) is 5.73. The molecule has 0 unspecified atom stereocenters. The number of amides is 1. The fraction of sp³-hybridized carbons (Fsp3) is 0.435. The van der Waals surface area contributed by atoms with Gasteiger partial charge in [-0.3, -0.25) is 0 Å². The van der Waals surface area contributed by atoms with Crippen molar-refractivity contribution in [3.05, 3.63) is 59.7 Å². The molecule has 30 heavy (non-hydrogen) atoms. The molecule has 0 bridgehead atoms. The van der Waals surface area contributed by atoms with Crippen LogP contribution in [0.2, 0.25) is 0 Å². The van der Waals surface area contributed by atoms with Crippen LogP contribution < -0.4 is 11.1 Å². The summed E-state index contributed by atoms with van der Waals surface area (Å²) in [6, 6.07) is 14.1. The minimum Gasteiger partial charge on any atom is -0.446 e. The Balaban J connectivity index is 1.31. The lowest BCUT2D eigenvalue weighted by Gasteiger charge is -2.28. The highest BCUT2D eigenvalue weighted by Crippen LogP contribution is 2.42. The van der Waals surface area contributed by atoms with Crippen LogP contribution in [-0.4, -0.2) is 24.3 Å². The lowest BCUT2D eigenvalue weighted by molar-refractivity contribution is -0.137. The fourth-order valence-electron chi connectivity index (χ4n) is 4.36. The van der Waals surface area contributed by atoms with Crippen molar-refractivity contribution in [3.63, 3.8) is 0 Å². The Morgan fingerprint density at radius 3 is 2.33 bits per heavy atom. The second-order valence-corrected chi connectivity index (χ2v) is 8.23. The van der Waals surface area contributed by atoms with Crippen LogP contribution in [-0.2, 0) is 10.9 Å². The number of carbonyl (C=O) groups excluding carboxylic acids is 1. The van der Waals surface area contributed by atoms with E-state index in [2.05, 4.69) is 5.32 Å². The second kappa shape index (κ2) is 8.30. The Hall–Kier alpha value is -2.54. The molecule has 7 heteroatoms. The van der Waals surface area contributed by atoms with Gasteiger partial charge in [0.25, 0.3) is 0 Å². The zero-order valence-corrected chi connectivity index (χ0v) is 16.5. The number of benzene rings is 2. The van der Waals surface area contributed by atoms with Gasteiger partial charge in [0.05, 0.1) is 5.56 Å². The number of primary amides is 1. The summed E-state index contributed by atoms with van der Waals surface area (Å²) in [5, 5.41) is 3.69. The van der Waals surface area contributed by atoms with E-state index in [1.807, 2.05) is 24.3 Å². The normalized spacial score (nSPS) is 26.2. The Morgan fingerprint density at radius 1 is 1.00 bits per heavy atom. The SMILES string of the molecule is NC(=O)OC1CCC(N[C@H]2C[C@@H]2c2ccc(-c3cccc(C(F)(F)F)c3)cc2)CC1. The van der Waals surface area contributed by atoms with E-state index < -0.39 is 17.8 Å². The van der Waals surface area contributed by atoms with Crippen LogP contribution >= 0.6 is 0 Å². The molecule has 2 aromatic carbocycles. The maximum absolute atomic E-state index is 12.9. The van der Waals surface area contributed by atoms with Gasteiger partial charge < -0.3 is 15.8 Å². The highest BCUT2D eigenvalue weighted by molar-refractivity contribution is 5.65. The molecule has 0 saturated heterocycles. The molecule has 160 valence electrons. The average molecular weight is 418 g/mol. The van der Waals surface area contributed by atoms with Crippen LogP contribution in [0.15, 0.2) is 48.5 Å². The third-order valence-electron chi connectivity index (χ3n) is 6.06. The molecule has 2 atom stereocenters. The van der Waals surface area contributed by atoms with Gasteiger partial charge in [-0.25, -0.2) is 4.79 Å². The summed E-state index contributed by atoms with van der Waals surface area (Å²) in [6.07, 6.45) is -0.506. The topological polar surface area (TPSA) is 64.4 Å². The first-order valence-electron chi connectivity index (χ1n) is 10.3. The molecule has 0 spiro atoms. The maximum atomic E-state index is 12.9. The lowest BCUT2D eigenvalue weighted by Crippen LogP contribution is -2.38. The van der Waals surface area contributed by atoms with Crippen LogP contribution in [0, 0.1) is 0 Å². The van der Waals surface area contributed by atoms with Crippen molar-refractivity contribution >= 4 is 6.09 Å². The van der Waals surface area contributed by atoms with Gasteiger partial charge in [-0.1, -0.05) is 36.4 Å². The smallest absolute Gasteiger partial charge is 0.416 e. The summed E-state index contributed by atoms with van der Waals surface area (Å²) < 4.78 is 43.9. The number of hydrogen-bond donors (Lipinski definition) is 2. The van der Waals surface area contributed by atoms with Crippen LogP contribution in [0.25, 0.3) is 11.1 Å². The number of ether oxygens (including phenoxy) is 1. The Labute approximate surface area is 173 Å². The molecule has 0 aliphatic heterocycles. The zero-order chi connectivity index (χ0) is 21.3. The number of nitrogens with two attached hydrogens (primary N) is 1. The van der Waals surface area contributed by atoms with Crippen LogP contribution in [0.5, 0.6) is 0 Å². The van der Waals surface area contributed by atoms with E-state index >= 15 is 0 Å². The van der Waals surface area contributed by atoms with E-state index in [0.29, 0.717) is 23.6 Å². The summed E-state index contributed by atoms with van der Waals surface area (Å²) in [4.78, 5) is 10.8. The predicted octanol–water partition coefficient (Wildman–Crippen LogP) is 5.22. The number of carbonyl (C=O) groups is 1. The van der Waals surface area contributed by atoms with Crippen molar-refractivity contribution < 1.29 is 22.7 Å². The quantitative estimate of drug-likeness (QED) is 0.699. The molecule has 0 heterocycles. The van der Waals surface area contributed by atoms with Crippen molar-refractivity contribution in [2.24, 2.45) is 5.73 Å². The summed E-state index contributed by atoms with van der Waals surface area (Å²) >= 11 is 0. The third kappa shape index (κ3) is 4.95. The molecule has 2 aliphatic carbocycles. The van der Waals surface area contributed by atoms with Crippen molar-refractivity contribution in [3.8, 4) is 11.1 Å². The summed E-state index contributed by atoms with van der Waals surface area (Å²) in [7, 11) is 0. The summed E-state index contributed by atoms with van der Waals surface area (Å²) in [5.41, 5.74) is 7.00.